The Labute approximate surface area is 121 Å². The second-order valence-corrected chi connectivity index (χ2v) is 6.43. The number of nitrogens with one attached hydrogen (secondary N) is 1. The van der Waals surface area contributed by atoms with E-state index in [-0.39, 0.29) is 0 Å². The van der Waals surface area contributed by atoms with Gasteiger partial charge in [-0.05, 0) is 63.4 Å². The van der Waals surface area contributed by atoms with Gasteiger partial charge in [-0.25, -0.2) is 0 Å². The molecule has 1 aromatic rings. The summed E-state index contributed by atoms with van der Waals surface area (Å²) < 4.78 is 0. The maximum Gasteiger partial charge on any atom is 0.0406 e. The number of benzene rings is 1. The van der Waals surface area contributed by atoms with Crippen molar-refractivity contribution in [1.82, 2.24) is 10.2 Å². The molecule has 1 N–H and O–H groups in total. The molecule has 0 radical (unpaired) electrons. The Morgan fingerprint density at radius 1 is 1.21 bits per heavy atom. The molecular weight excluding hydrogens is 256 g/mol. The van der Waals surface area contributed by atoms with E-state index in [0.717, 1.165) is 11.1 Å². The average Bonchev–Trinajstić information content (AvgIpc) is 2.87. The third-order valence-electron chi connectivity index (χ3n) is 4.68. The normalized spacial score (nSPS) is 29.2. The van der Waals surface area contributed by atoms with Gasteiger partial charge in [0, 0.05) is 23.1 Å². The zero-order valence-electron chi connectivity index (χ0n) is 11.6. The number of piperidine rings is 1. The minimum Gasteiger partial charge on any atom is -0.307 e. The number of fused-ring (bicyclic) bond motifs is 1. The highest BCUT2D eigenvalue weighted by atomic mass is 35.5. The number of nitrogens with zero attached hydrogens (tertiary/aromatic N) is 1. The third-order valence-corrected chi connectivity index (χ3v) is 4.93. The molecule has 2 fully saturated rings. The zero-order chi connectivity index (χ0) is 13.2. The molecule has 2 heterocycles. The maximum atomic E-state index is 5.94. The first kappa shape index (κ1) is 13.4. The monoisotopic (exact) mass is 278 g/mol. The van der Waals surface area contributed by atoms with Crippen LogP contribution in [0.5, 0.6) is 0 Å². The van der Waals surface area contributed by atoms with Gasteiger partial charge in [-0.2, -0.15) is 0 Å². The number of hydrogen-bond acceptors (Lipinski definition) is 2. The first-order valence-electron chi connectivity index (χ1n) is 7.48. The standard InChI is InChI=1S/C16H23ClN2/c1-12(13-4-6-14(17)7-5-13)18-15-8-10-19-9-2-3-16(19)11-15/h4-7,12,15-16,18H,2-3,8-11H2,1H3/t12-,15?,16?/m0/s1. The van der Waals surface area contributed by atoms with Crippen molar-refractivity contribution in [2.75, 3.05) is 13.1 Å². The predicted molar refractivity (Wildman–Crippen MR) is 80.6 cm³/mol. The lowest BCUT2D eigenvalue weighted by atomic mass is 9.96. The SMILES string of the molecule is C[C@H](NC1CCN2CCCC2C1)c1ccc(Cl)cc1. The summed E-state index contributed by atoms with van der Waals surface area (Å²) in [6.45, 7) is 4.85. The van der Waals surface area contributed by atoms with Gasteiger partial charge in [0.05, 0.1) is 0 Å². The Kier molecular flexibility index (Phi) is 4.11. The van der Waals surface area contributed by atoms with Crippen molar-refractivity contribution in [2.24, 2.45) is 0 Å². The Morgan fingerprint density at radius 2 is 2.00 bits per heavy atom. The van der Waals surface area contributed by atoms with Crippen molar-refractivity contribution in [1.29, 1.82) is 0 Å². The van der Waals surface area contributed by atoms with Crippen molar-refractivity contribution < 1.29 is 0 Å². The molecule has 1 aromatic carbocycles. The molecule has 3 atom stereocenters. The van der Waals surface area contributed by atoms with Gasteiger partial charge in [0.1, 0.15) is 0 Å². The summed E-state index contributed by atoms with van der Waals surface area (Å²) in [7, 11) is 0. The molecule has 0 aliphatic carbocycles. The topological polar surface area (TPSA) is 15.3 Å². The summed E-state index contributed by atoms with van der Waals surface area (Å²) in [5, 5.41) is 4.61. The van der Waals surface area contributed by atoms with Gasteiger partial charge in [0.25, 0.3) is 0 Å². The molecule has 2 aliphatic rings. The van der Waals surface area contributed by atoms with Crippen LogP contribution in [0.3, 0.4) is 0 Å². The Morgan fingerprint density at radius 3 is 2.79 bits per heavy atom. The van der Waals surface area contributed by atoms with E-state index in [4.69, 9.17) is 11.6 Å². The number of halogens is 1. The van der Waals surface area contributed by atoms with Gasteiger partial charge >= 0.3 is 0 Å². The fraction of sp³-hybridized carbons (Fsp3) is 0.625. The third kappa shape index (κ3) is 3.13. The second kappa shape index (κ2) is 5.82. The molecule has 2 saturated heterocycles. The maximum absolute atomic E-state index is 5.94. The summed E-state index contributed by atoms with van der Waals surface area (Å²) in [4.78, 5) is 2.67. The zero-order valence-corrected chi connectivity index (χ0v) is 12.4. The molecule has 0 aromatic heterocycles. The quantitative estimate of drug-likeness (QED) is 0.909. The van der Waals surface area contributed by atoms with E-state index < -0.39 is 0 Å². The molecule has 0 bridgehead atoms. The summed E-state index contributed by atoms with van der Waals surface area (Å²) in [6.07, 6.45) is 5.39. The molecule has 0 saturated carbocycles. The fourth-order valence-electron chi connectivity index (χ4n) is 3.58. The van der Waals surface area contributed by atoms with E-state index in [9.17, 15) is 0 Å². The average molecular weight is 279 g/mol. The van der Waals surface area contributed by atoms with E-state index in [1.807, 2.05) is 12.1 Å². The molecule has 3 rings (SSSR count). The highest BCUT2D eigenvalue weighted by molar-refractivity contribution is 6.30. The lowest BCUT2D eigenvalue weighted by Gasteiger charge is -2.36. The summed E-state index contributed by atoms with van der Waals surface area (Å²) in [5.74, 6) is 0. The van der Waals surface area contributed by atoms with Gasteiger partial charge in [-0.15, -0.1) is 0 Å². The molecule has 0 amide bonds. The van der Waals surface area contributed by atoms with Gasteiger partial charge in [-0.1, -0.05) is 23.7 Å². The van der Waals surface area contributed by atoms with Crippen LogP contribution in [-0.4, -0.2) is 30.1 Å². The van der Waals surface area contributed by atoms with E-state index >= 15 is 0 Å². The first-order chi connectivity index (χ1) is 9.22. The molecule has 3 heteroatoms. The van der Waals surface area contributed by atoms with Crippen molar-refractivity contribution in [3.05, 3.63) is 34.9 Å². The molecule has 2 nitrogen and oxygen atoms in total. The van der Waals surface area contributed by atoms with E-state index in [1.165, 1.54) is 44.3 Å². The van der Waals surface area contributed by atoms with Crippen LogP contribution in [0.2, 0.25) is 5.02 Å². The van der Waals surface area contributed by atoms with Crippen molar-refractivity contribution >= 4 is 11.6 Å². The molecule has 2 aliphatic heterocycles. The van der Waals surface area contributed by atoms with E-state index in [1.54, 1.807) is 0 Å². The van der Waals surface area contributed by atoms with Gasteiger partial charge in [-0.3, -0.25) is 0 Å². The van der Waals surface area contributed by atoms with Crippen molar-refractivity contribution in [2.45, 2.75) is 50.7 Å². The smallest absolute Gasteiger partial charge is 0.0406 e. The van der Waals surface area contributed by atoms with Crippen LogP contribution in [0.15, 0.2) is 24.3 Å². The summed E-state index contributed by atoms with van der Waals surface area (Å²) >= 11 is 5.94. The molecule has 19 heavy (non-hydrogen) atoms. The molecule has 104 valence electrons. The highest BCUT2D eigenvalue weighted by Crippen LogP contribution is 2.28. The minimum atomic E-state index is 0.412. The number of rotatable bonds is 3. The van der Waals surface area contributed by atoms with Crippen molar-refractivity contribution in [3.8, 4) is 0 Å². The molecule has 0 spiro atoms. The predicted octanol–water partition coefficient (Wildman–Crippen LogP) is 3.62. The van der Waals surface area contributed by atoms with Gasteiger partial charge in [0.2, 0.25) is 0 Å². The number of hydrogen-bond donors (Lipinski definition) is 1. The fourth-order valence-corrected chi connectivity index (χ4v) is 3.70. The Bertz CT molecular complexity index is 417. The van der Waals surface area contributed by atoms with Crippen LogP contribution >= 0.6 is 11.6 Å². The Hall–Kier alpha value is -0.570. The van der Waals surface area contributed by atoms with Gasteiger partial charge < -0.3 is 10.2 Å². The minimum absolute atomic E-state index is 0.412. The van der Waals surface area contributed by atoms with Gasteiger partial charge in [0.15, 0.2) is 0 Å². The lowest BCUT2D eigenvalue weighted by molar-refractivity contribution is 0.162. The van der Waals surface area contributed by atoms with Crippen LogP contribution in [0.25, 0.3) is 0 Å². The van der Waals surface area contributed by atoms with E-state index in [0.29, 0.717) is 12.1 Å². The van der Waals surface area contributed by atoms with Crippen LogP contribution in [0.4, 0.5) is 0 Å². The summed E-state index contributed by atoms with van der Waals surface area (Å²) in [5.41, 5.74) is 1.33. The van der Waals surface area contributed by atoms with Crippen molar-refractivity contribution in [3.63, 3.8) is 0 Å². The van der Waals surface area contributed by atoms with Crippen LogP contribution in [0.1, 0.15) is 44.2 Å². The second-order valence-electron chi connectivity index (χ2n) is 5.99. The largest absolute Gasteiger partial charge is 0.307 e. The lowest BCUT2D eigenvalue weighted by Crippen LogP contribution is -2.46. The summed E-state index contributed by atoms with van der Waals surface area (Å²) in [6, 6.07) is 10.1. The van der Waals surface area contributed by atoms with Crippen LogP contribution in [-0.2, 0) is 0 Å². The Balaban J connectivity index is 1.57. The highest BCUT2D eigenvalue weighted by Gasteiger charge is 2.31. The van der Waals surface area contributed by atoms with E-state index in [2.05, 4.69) is 29.3 Å². The first-order valence-corrected chi connectivity index (χ1v) is 7.86. The molecular formula is C16H23ClN2. The van der Waals surface area contributed by atoms with Crippen LogP contribution < -0.4 is 5.32 Å². The molecule has 2 unspecified atom stereocenters. The van der Waals surface area contributed by atoms with Crippen LogP contribution in [0, 0.1) is 0 Å².